The summed E-state index contributed by atoms with van der Waals surface area (Å²) in [5.74, 6) is -7.26. The largest absolute Gasteiger partial charge is 0.460 e. The van der Waals surface area contributed by atoms with Crippen LogP contribution in [0.25, 0.3) is 0 Å². The maximum absolute atomic E-state index is 13.3. The number of carbonyl (C=O) groups excluding carboxylic acids is 2. The number of anilines is 1. The highest BCUT2D eigenvalue weighted by molar-refractivity contribution is 8.00. The molecular weight excluding hydrogens is 367 g/mol. The van der Waals surface area contributed by atoms with Crippen molar-refractivity contribution in [1.82, 2.24) is 0 Å². The number of thioether (sulfide) groups is 1. The Kier molecular flexibility index (Phi) is 4.59. The predicted octanol–water partition coefficient (Wildman–Crippen LogP) is 4.22. The number of amides is 2. The third-order valence-electron chi connectivity index (χ3n) is 3.11. The Balaban J connectivity index is 2.20. The van der Waals surface area contributed by atoms with Crippen LogP contribution >= 0.6 is 11.8 Å². The van der Waals surface area contributed by atoms with Gasteiger partial charge in [-0.3, -0.25) is 14.5 Å². The molecule has 0 aromatic heterocycles. The summed E-state index contributed by atoms with van der Waals surface area (Å²) in [6.45, 7) is 0. The van der Waals surface area contributed by atoms with Gasteiger partial charge in [-0.2, -0.15) is 30.7 Å². The molecule has 1 aromatic rings. The Morgan fingerprint density at radius 1 is 0.833 bits per heavy atom. The number of benzene rings is 1. The molecule has 1 aromatic carbocycles. The minimum atomic E-state index is -6.40. The van der Waals surface area contributed by atoms with E-state index < -0.39 is 45.8 Å². The molecule has 2 amide bonds. The molecule has 0 N–H and O–H groups in total. The average Bonchev–Trinajstić information content (AvgIpc) is 2.77. The Bertz CT molecular complexity index is 641. The molecule has 11 heteroatoms. The van der Waals surface area contributed by atoms with E-state index in [1.807, 2.05) is 0 Å². The molecule has 0 atom stereocenters. The molecule has 1 aliphatic heterocycles. The van der Waals surface area contributed by atoms with Crippen LogP contribution in [0.3, 0.4) is 0 Å². The van der Waals surface area contributed by atoms with Crippen LogP contribution in [0, 0.1) is 0 Å². The van der Waals surface area contributed by atoms with E-state index in [0.29, 0.717) is 0 Å². The van der Waals surface area contributed by atoms with Crippen molar-refractivity contribution in [3.05, 3.63) is 24.3 Å². The van der Waals surface area contributed by atoms with Gasteiger partial charge in [0.05, 0.1) is 5.69 Å². The normalized spacial score (nSPS) is 16.9. The van der Waals surface area contributed by atoms with Crippen molar-refractivity contribution >= 4 is 29.3 Å². The first kappa shape index (κ1) is 18.6. The summed E-state index contributed by atoms with van der Waals surface area (Å²) in [5, 5.41) is -5.42. The maximum atomic E-state index is 13.3. The summed E-state index contributed by atoms with van der Waals surface area (Å²) in [7, 11) is 0. The fraction of sp³-hybridized carbons (Fsp3) is 0.385. The second-order valence-corrected chi connectivity index (χ2v) is 6.00. The summed E-state index contributed by atoms with van der Waals surface area (Å²) < 4.78 is 88.4. The number of hydrogen-bond acceptors (Lipinski definition) is 3. The van der Waals surface area contributed by atoms with E-state index in [9.17, 15) is 40.3 Å². The zero-order chi connectivity index (χ0) is 18.3. The molecular formula is C13H8F7NO2S. The van der Waals surface area contributed by atoms with E-state index in [-0.39, 0.29) is 18.5 Å². The first-order valence-electron chi connectivity index (χ1n) is 6.34. The molecule has 24 heavy (non-hydrogen) atoms. The fourth-order valence-electron chi connectivity index (χ4n) is 1.90. The van der Waals surface area contributed by atoms with Crippen LogP contribution < -0.4 is 4.90 Å². The van der Waals surface area contributed by atoms with E-state index in [1.54, 1.807) is 0 Å². The molecule has 132 valence electrons. The Labute approximate surface area is 134 Å². The smallest absolute Gasteiger partial charge is 0.274 e. The van der Waals surface area contributed by atoms with Crippen molar-refractivity contribution in [1.29, 1.82) is 0 Å². The van der Waals surface area contributed by atoms with Crippen molar-refractivity contribution < 1.29 is 40.3 Å². The molecule has 0 unspecified atom stereocenters. The SMILES string of the molecule is O=C1CCC(=O)N1c1ccc(SC(F)(F)C(F)(F)C(F)(F)F)cc1. The number of halogens is 7. The average molecular weight is 375 g/mol. The first-order chi connectivity index (χ1) is 10.9. The minimum Gasteiger partial charge on any atom is -0.274 e. The van der Waals surface area contributed by atoms with Gasteiger partial charge in [0.25, 0.3) is 0 Å². The van der Waals surface area contributed by atoms with Gasteiger partial charge in [0.15, 0.2) is 0 Å². The van der Waals surface area contributed by atoms with Crippen LogP contribution in [0.2, 0.25) is 0 Å². The number of alkyl halides is 7. The molecule has 3 nitrogen and oxygen atoms in total. The van der Waals surface area contributed by atoms with Gasteiger partial charge in [0.1, 0.15) is 0 Å². The molecule has 0 radical (unpaired) electrons. The van der Waals surface area contributed by atoms with E-state index in [0.717, 1.165) is 29.2 Å². The number of rotatable bonds is 4. The summed E-state index contributed by atoms with van der Waals surface area (Å²) in [6.07, 6.45) is -6.45. The van der Waals surface area contributed by atoms with E-state index in [1.165, 1.54) is 0 Å². The van der Waals surface area contributed by atoms with Crippen molar-refractivity contribution in [2.24, 2.45) is 0 Å². The van der Waals surface area contributed by atoms with Crippen molar-refractivity contribution in [2.75, 3.05) is 4.90 Å². The highest BCUT2D eigenvalue weighted by Gasteiger charge is 2.73. The number of imide groups is 1. The van der Waals surface area contributed by atoms with Gasteiger partial charge in [-0.15, -0.1) is 0 Å². The van der Waals surface area contributed by atoms with Crippen LogP contribution in [-0.4, -0.2) is 29.2 Å². The van der Waals surface area contributed by atoms with Gasteiger partial charge in [0, 0.05) is 17.7 Å². The van der Waals surface area contributed by atoms with Gasteiger partial charge in [0.2, 0.25) is 11.8 Å². The topological polar surface area (TPSA) is 37.4 Å². The highest BCUT2D eigenvalue weighted by atomic mass is 32.2. The number of carbonyl (C=O) groups is 2. The van der Waals surface area contributed by atoms with Crippen LogP contribution in [0.15, 0.2) is 29.2 Å². The fourth-order valence-corrected chi connectivity index (χ4v) is 2.72. The van der Waals surface area contributed by atoms with Gasteiger partial charge >= 0.3 is 17.4 Å². The lowest BCUT2D eigenvalue weighted by Crippen LogP contribution is -2.49. The Hall–Kier alpha value is -1.78. The van der Waals surface area contributed by atoms with Crippen molar-refractivity contribution in [3.63, 3.8) is 0 Å². The Morgan fingerprint density at radius 3 is 1.71 bits per heavy atom. The summed E-state index contributed by atoms with van der Waals surface area (Å²) in [6, 6.07) is 3.70. The lowest BCUT2D eigenvalue weighted by Gasteiger charge is -2.27. The molecule has 0 spiro atoms. The van der Waals surface area contributed by atoms with Gasteiger partial charge in [-0.25, -0.2) is 0 Å². The van der Waals surface area contributed by atoms with E-state index in [2.05, 4.69) is 0 Å². The quantitative estimate of drug-likeness (QED) is 0.449. The lowest BCUT2D eigenvalue weighted by molar-refractivity contribution is -0.330. The van der Waals surface area contributed by atoms with E-state index >= 15 is 0 Å². The van der Waals surface area contributed by atoms with Crippen molar-refractivity contribution in [2.45, 2.75) is 35.1 Å². The van der Waals surface area contributed by atoms with Crippen LogP contribution in [-0.2, 0) is 9.59 Å². The van der Waals surface area contributed by atoms with Gasteiger partial charge in [-0.05, 0) is 36.0 Å². The summed E-state index contributed by atoms with van der Waals surface area (Å²) in [4.78, 5) is 23.2. The third-order valence-corrected chi connectivity index (χ3v) is 4.13. The van der Waals surface area contributed by atoms with Gasteiger partial charge < -0.3 is 0 Å². The molecule has 1 aliphatic rings. The van der Waals surface area contributed by atoms with Crippen LogP contribution in [0.5, 0.6) is 0 Å². The molecule has 1 saturated heterocycles. The second kappa shape index (κ2) is 5.94. The number of nitrogens with zero attached hydrogens (tertiary/aromatic N) is 1. The number of hydrogen-bond donors (Lipinski definition) is 0. The molecule has 2 rings (SSSR count). The summed E-state index contributed by atoms with van der Waals surface area (Å²) >= 11 is -0.959. The predicted molar refractivity (Wildman–Crippen MR) is 70.0 cm³/mol. The maximum Gasteiger partial charge on any atom is 0.460 e. The summed E-state index contributed by atoms with van der Waals surface area (Å²) in [5.41, 5.74) is 0.0257. The zero-order valence-corrected chi connectivity index (χ0v) is 12.4. The molecule has 0 aliphatic carbocycles. The van der Waals surface area contributed by atoms with Crippen LogP contribution in [0.1, 0.15) is 12.8 Å². The molecule has 0 bridgehead atoms. The molecule has 1 fully saturated rings. The van der Waals surface area contributed by atoms with Gasteiger partial charge in [-0.1, -0.05) is 0 Å². The monoisotopic (exact) mass is 375 g/mol. The lowest BCUT2D eigenvalue weighted by atomic mass is 10.3. The zero-order valence-electron chi connectivity index (χ0n) is 11.5. The highest BCUT2D eigenvalue weighted by Crippen LogP contribution is 2.53. The second-order valence-electron chi connectivity index (χ2n) is 4.81. The third kappa shape index (κ3) is 3.21. The van der Waals surface area contributed by atoms with Crippen LogP contribution in [0.4, 0.5) is 36.4 Å². The Morgan fingerprint density at radius 2 is 1.29 bits per heavy atom. The van der Waals surface area contributed by atoms with Crippen molar-refractivity contribution in [3.8, 4) is 0 Å². The molecule has 1 heterocycles. The molecule has 0 saturated carbocycles. The first-order valence-corrected chi connectivity index (χ1v) is 7.16. The standard InChI is InChI=1S/C13H8F7NO2S/c14-11(15,12(16,17)18)13(19,20)24-8-3-1-7(2-4-8)21-9(22)5-6-10(21)23/h1-4H,5-6H2. The van der Waals surface area contributed by atoms with E-state index in [4.69, 9.17) is 0 Å². The minimum absolute atomic E-state index is 0.0226.